The monoisotopic (exact) mass is 261 g/mol. The first kappa shape index (κ1) is 14.0. The average molecular weight is 261 g/mol. The molecular weight excluding hydrogens is 238 g/mol. The molecule has 1 aliphatic rings. The van der Waals surface area contributed by atoms with E-state index in [0.29, 0.717) is 6.61 Å². The van der Waals surface area contributed by atoms with Crippen LogP contribution in [0.4, 0.5) is 0 Å². The van der Waals surface area contributed by atoms with Crippen molar-refractivity contribution in [2.24, 2.45) is 16.7 Å². The molecule has 0 N–H and O–H groups in total. The van der Waals surface area contributed by atoms with Crippen molar-refractivity contribution in [2.45, 2.75) is 40.5 Å². The molecule has 0 saturated heterocycles. The Morgan fingerprint density at radius 1 is 1.21 bits per heavy atom. The van der Waals surface area contributed by atoms with Crippen LogP contribution in [0.5, 0.6) is 0 Å². The number of pyridine rings is 1. The van der Waals surface area contributed by atoms with E-state index >= 15 is 0 Å². The zero-order valence-corrected chi connectivity index (χ0v) is 12.3. The van der Waals surface area contributed by atoms with E-state index in [1.807, 2.05) is 12.1 Å². The van der Waals surface area contributed by atoms with Crippen LogP contribution in [-0.4, -0.2) is 17.6 Å². The fourth-order valence-electron chi connectivity index (χ4n) is 2.87. The molecule has 0 aliphatic heterocycles. The lowest BCUT2D eigenvalue weighted by Crippen LogP contribution is -2.12. The predicted octanol–water partition coefficient (Wildman–Crippen LogP) is 3.24. The summed E-state index contributed by atoms with van der Waals surface area (Å²) in [6, 6.07) is 3.99. The standard InChI is InChI=1S/C16H23NO2/c1-15(2)13(16(15,3)4)14(18)19-11-5-6-12-7-9-17-10-8-12/h7-10,13H,5-6,11H2,1-4H3. The van der Waals surface area contributed by atoms with E-state index in [2.05, 4.69) is 32.7 Å². The number of aromatic nitrogens is 1. The average Bonchev–Trinajstić information content (AvgIpc) is 2.76. The van der Waals surface area contributed by atoms with Crippen molar-refractivity contribution in [3.05, 3.63) is 30.1 Å². The van der Waals surface area contributed by atoms with Gasteiger partial charge in [0.2, 0.25) is 0 Å². The second-order valence-corrected chi connectivity index (χ2v) is 6.50. The first-order valence-electron chi connectivity index (χ1n) is 6.93. The number of ether oxygens (including phenoxy) is 1. The predicted molar refractivity (Wildman–Crippen MR) is 74.6 cm³/mol. The third-order valence-corrected chi connectivity index (χ3v) is 4.86. The number of hydrogen-bond acceptors (Lipinski definition) is 3. The first-order valence-corrected chi connectivity index (χ1v) is 6.93. The number of esters is 1. The lowest BCUT2D eigenvalue weighted by molar-refractivity contribution is -0.146. The fourth-order valence-corrected chi connectivity index (χ4v) is 2.87. The highest BCUT2D eigenvalue weighted by atomic mass is 16.5. The molecule has 0 radical (unpaired) electrons. The maximum atomic E-state index is 12.0. The van der Waals surface area contributed by atoms with E-state index in [4.69, 9.17) is 4.74 Å². The van der Waals surface area contributed by atoms with Crippen LogP contribution < -0.4 is 0 Å². The van der Waals surface area contributed by atoms with E-state index < -0.39 is 0 Å². The molecule has 1 aromatic rings. The van der Waals surface area contributed by atoms with Gasteiger partial charge in [0, 0.05) is 12.4 Å². The largest absolute Gasteiger partial charge is 0.465 e. The number of hydrogen-bond donors (Lipinski definition) is 0. The molecule has 1 fully saturated rings. The Morgan fingerprint density at radius 3 is 2.32 bits per heavy atom. The van der Waals surface area contributed by atoms with Gasteiger partial charge >= 0.3 is 5.97 Å². The van der Waals surface area contributed by atoms with Crippen LogP contribution in [0.15, 0.2) is 24.5 Å². The van der Waals surface area contributed by atoms with Gasteiger partial charge in [-0.2, -0.15) is 0 Å². The Balaban J connectivity index is 1.71. The highest BCUT2D eigenvalue weighted by Crippen LogP contribution is 2.68. The molecule has 19 heavy (non-hydrogen) atoms. The highest BCUT2D eigenvalue weighted by molar-refractivity contribution is 5.78. The van der Waals surface area contributed by atoms with Crippen molar-refractivity contribution in [2.75, 3.05) is 6.61 Å². The zero-order chi connectivity index (χ0) is 14.1. The molecular formula is C16H23NO2. The van der Waals surface area contributed by atoms with Crippen molar-refractivity contribution >= 4 is 5.97 Å². The molecule has 0 spiro atoms. The summed E-state index contributed by atoms with van der Waals surface area (Å²) in [5, 5.41) is 0. The second kappa shape index (κ2) is 4.95. The van der Waals surface area contributed by atoms with Gasteiger partial charge in [0.05, 0.1) is 12.5 Å². The molecule has 104 valence electrons. The molecule has 0 amide bonds. The topological polar surface area (TPSA) is 39.2 Å². The van der Waals surface area contributed by atoms with Gasteiger partial charge < -0.3 is 4.74 Å². The minimum atomic E-state index is -0.0373. The maximum Gasteiger partial charge on any atom is 0.310 e. The van der Waals surface area contributed by atoms with E-state index in [1.54, 1.807) is 12.4 Å². The summed E-state index contributed by atoms with van der Waals surface area (Å²) in [7, 11) is 0. The van der Waals surface area contributed by atoms with Gasteiger partial charge in [-0.3, -0.25) is 9.78 Å². The third kappa shape index (κ3) is 2.65. The van der Waals surface area contributed by atoms with E-state index in [-0.39, 0.29) is 22.7 Å². The Hall–Kier alpha value is -1.38. The van der Waals surface area contributed by atoms with E-state index in [0.717, 1.165) is 12.8 Å². The Labute approximate surface area is 115 Å². The molecule has 3 heteroatoms. The molecule has 1 saturated carbocycles. The van der Waals surface area contributed by atoms with Crippen molar-refractivity contribution in [3.63, 3.8) is 0 Å². The molecule has 1 heterocycles. The summed E-state index contributed by atoms with van der Waals surface area (Å²) in [4.78, 5) is 16.0. The van der Waals surface area contributed by atoms with Crippen LogP contribution in [0.3, 0.4) is 0 Å². The second-order valence-electron chi connectivity index (χ2n) is 6.50. The summed E-state index contributed by atoms with van der Waals surface area (Å²) >= 11 is 0. The van der Waals surface area contributed by atoms with Crippen molar-refractivity contribution < 1.29 is 9.53 Å². The Kier molecular flexibility index (Phi) is 3.66. The number of aryl methyl sites for hydroxylation is 1. The smallest absolute Gasteiger partial charge is 0.310 e. The summed E-state index contributed by atoms with van der Waals surface area (Å²) in [6.45, 7) is 9.04. The lowest BCUT2D eigenvalue weighted by atomic mass is 10.0. The summed E-state index contributed by atoms with van der Waals surface area (Å²) in [5.41, 5.74) is 1.36. The van der Waals surface area contributed by atoms with Gasteiger partial charge in [-0.25, -0.2) is 0 Å². The first-order chi connectivity index (χ1) is 8.87. The normalized spacial score (nSPS) is 20.0. The Bertz CT molecular complexity index is 437. The molecule has 2 rings (SSSR count). The third-order valence-electron chi connectivity index (χ3n) is 4.86. The van der Waals surface area contributed by atoms with E-state index in [9.17, 15) is 4.79 Å². The molecule has 1 aliphatic carbocycles. The van der Waals surface area contributed by atoms with E-state index in [1.165, 1.54) is 5.56 Å². The van der Waals surface area contributed by atoms with Gasteiger partial charge in [-0.1, -0.05) is 27.7 Å². The van der Waals surface area contributed by atoms with Gasteiger partial charge in [0.15, 0.2) is 0 Å². The molecule has 3 nitrogen and oxygen atoms in total. The van der Waals surface area contributed by atoms with Crippen LogP contribution in [0.2, 0.25) is 0 Å². The summed E-state index contributed by atoms with van der Waals surface area (Å²) < 4.78 is 5.40. The number of carbonyl (C=O) groups is 1. The molecule has 0 bridgehead atoms. The summed E-state index contributed by atoms with van der Waals surface area (Å²) in [6.07, 6.45) is 5.36. The van der Waals surface area contributed by atoms with Crippen LogP contribution in [0.1, 0.15) is 39.7 Å². The molecule has 1 aromatic heterocycles. The molecule has 0 aromatic carbocycles. The highest BCUT2D eigenvalue weighted by Gasteiger charge is 2.69. The van der Waals surface area contributed by atoms with Crippen molar-refractivity contribution in [3.8, 4) is 0 Å². The minimum Gasteiger partial charge on any atom is -0.465 e. The zero-order valence-electron chi connectivity index (χ0n) is 12.3. The molecule has 0 unspecified atom stereocenters. The fraction of sp³-hybridized carbons (Fsp3) is 0.625. The van der Waals surface area contributed by atoms with Gasteiger partial charge in [0.1, 0.15) is 0 Å². The van der Waals surface area contributed by atoms with Crippen LogP contribution in [0.25, 0.3) is 0 Å². The maximum absolute atomic E-state index is 12.0. The van der Waals surface area contributed by atoms with Crippen LogP contribution >= 0.6 is 0 Å². The molecule has 0 atom stereocenters. The van der Waals surface area contributed by atoms with Crippen molar-refractivity contribution in [1.82, 2.24) is 4.98 Å². The quantitative estimate of drug-likeness (QED) is 0.603. The SMILES string of the molecule is CC1(C)C(C(=O)OCCCc2ccncc2)C1(C)C. The number of nitrogens with zero attached hydrogens (tertiary/aromatic N) is 1. The van der Waals surface area contributed by atoms with Gasteiger partial charge in [-0.05, 0) is 41.4 Å². The number of rotatable bonds is 5. The van der Waals surface area contributed by atoms with Crippen LogP contribution in [0, 0.1) is 16.7 Å². The lowest BCUT2D eigenvalue weighted by Gasteiger charge is -2.06. The van der Waals surface area contributed by atoms with Crippen LogP contribution in [-0.2, 0) is 16.0 Å². The van der Waals surface area contributed by atoms with Crippen molar-refractivity contribution in [1.29, 1.82) is 0 Å². The van der Waals surface area contributed by atoms with Gasteiger partial charge in [-0.15, -0.1) is 0 Å². The Morgan fingerprint density at radius 2 is 1.79 bits per heavy atom. The summed E-state index contributed by atoms with van der Waals surface area (Å²) in [5.74, 6) is 0.00523. The minimum absolute atomic E-state index is 0.0373. The number of carbonyl (C=O) groups excluding carboxylic acids is 1. The van der Waals surface area contributed by atoms with Gasteiger partial charge in [0.25, 0.3) is 0 Å².